The third kappa shape index (κ3) is 2.47. The summed E-state index contributed by atoms with van der Waals surface area (Å²) in [6.45, 7) is 5.42. The lowest BCUT2D eigenvalue weighted by Crippen LogP contribution is -2.43. The molecule has 20 heavy (non-hydrogen) atoms. The molecule has 0 bridgehead atoms. The summed E-state index contributed by atoms with van der Waals surface area (Å²) >= 11 is 6.05. The molecule has 1 saturated heterocycles. The van der Waals surface area contributed by atoms with E-state index in [9.17, 15) is 0 Å². The van der Waals surface area contributed by atoms with E-state index in [1.54, 1.807) is 23.3 Å². The lowest BCUT2D eigenvalue weighted by molar-refractivity contribution is 0.359. The highest BCUT2D eigenvalue weighted by Gasteiger charge is 2.27. The van der Waals surface area contributed by atoms with Crippen molar-refractivity contribution in [3.8, 4) is 5.95 Å². The molecule has 0 N–H and O–H groups in total. The van der Waals surface area contributed by atoms with Crippen LogP contribution in [0.25, 0.3) is 5.95 Å². The topological polar surface area (TPSA) is 59.7 Å². The van der Waals surface area contributed by atoms with Gasteiger partial charge in [0, 0.05) is 25.0 Å². The van der Waals surface area contributed by atoms with E-state index in [0.29, 0.717) is 23.9 Å². The molecule has 0 spiro atoms. The first-order chi connectivity index (χ1) is 9.65. The van der Waals surface area contributed by atoms with Gasteiger partial charge in [-0.3, -0.25) is 4.57 Å². The molecule has 0 aliphatic carbocycles. The molecule has 1 aliphatic heterocycles. The quantitative estimate of drug-likeness (QED) is 0.850. The van der Waals surface area contributed by atoms with Gasteiger partial charge < -0.3 is 4.90 Å². The van der Waals surface area contributed by atoms with Gasteiger partial charge in [0.25, 0.3) is 0 Å². The predicted molar refractivity (Wildman–Crippen MR) is 77.2 cm³/mol. The van der Waals surface area contributed by atoms with E-state index in [-0.39, 0.29) is 5.28 Å². The van der Waals surface area contributed by atoms with E-state index in [4.69, 9.17) is 11.6 Å². The van der Waals surface area contributed by atoms with Crippen molar-refractivity contribution < 1.29 is 0 Å². The summed E-state index contributed by atoms with van der Waals surface area (Å²) in [6.07, 6.45) is 7.51. The summed E-state index contributed by atoms with van der Waals surface area (Å²) in [6, 6.07) is 0.401. The second-order valence-electron chi connectivity index (χ2n) is 5.23. The number of nitrogens with zero attached hydrogens (tertiary/aromatic N) is 6. The summed E-state index contributed by atoms with van der Waals surface area (Å²) < 4.78 is 1.73. The van der Waals surface area contributed by atoms with E-state index in [1.165, 1.54) is 6.42 Å². The Morgan fingerprint density at radius 2 is 2.00 bits per heavy atom. The molecular weight excluding hydrogens is 276 g/mol. The first-order valence-electron chi connectivity index (χ1n) is 6.81. The van der Waals surface area contributed by atoms with Crippen molar-refractivity contribution in [2.24, 2.45) is 5.92 Å². The van der Waals surface area contributed by atoms with Crippen LogP contribution in [0.1, 0.15) is 26.7 Å². The first-order valence-corrected chi connectivity index (χ1v) is 7.19. The third-order valence-corrected chi connectivity index (χ3v) is 4.12. The van der Waals surface area contributed by atoms with Gasteiger partial charge >= 0.3 is 0 Å². The zero-order valence-electron chi connectivity index (χ0n) is 11.6. The van der Waals surface area contributed by atoms with Crippen molar-refractivity contribution in [1.29, 1.82) is 0 Å². The summed E-state index contributed by atoms with van der Waals surface area (Å²) in [7, 11) is 0. The molecule has 1 aliphatic rings. The number of piperidine rings is 1. The van der Waals surface area contributed by atoms with Crippen molar-refractivity contribution in [1.82, 2.24) is 24.5 Å². The fourth-order valence-electron chi connectivity index (χ4n) is 2.57. The fourth-order valence-corrected chi connectivity index (χ4v) is 2.72. The Bertz CT molecular complexity index is 585. The van der Waals surface area contributed by atoms with E-state index in [0.717, 1.165) is 13.0 Å². The zero-order valence-corrected chi connectivity index (χ0v) is 12.3. The maximum Gasteiger partial charge on any atom is 0.241 e. The molecule has 2 aromatic rings. The van der Waals surface area contributed by atoms with Crippen LogP contribution in [-0.4, -0.2) is 37.1 Å². The Labute approximate surface area is 122 Å². The predicted octanol–water partition coefficient (Wildman–Crippen LogP) is 2.34. The van der Waals surface area contributed by atoms with Crippen molar-refractivity contribution in [2.75, 3.05) is 11.4 Å². The Kier molecular flexibility index (Phi) is 3.56. The maximum atomic E-state index is 6.05. The zero-order chi connectivity index (χ0) is 14.1. The van der Waals surface area contributed by atoms with Crippen LogP contribution in [0.5, 0.6) is 0 Å². The van der Waals surface area contributed by atoms with E-state index < -0.39 is 0 Å². The molecule has 6 nitrogen and oxygen atoms in total. The van der Waals surface area contributed by atoms with Gasteiger partial charge in [-0.1, -0.05) is 6.92 Å². The highest BCUT2D eigenvalue weighted by Crippen LogP contribution is 2.26. The van der Waals surface area contributed by atoms with Crippen LogP contribution in [-0.2, 0) is 0 Å². The number of aromatic nitrogens is 5. The minimum atomic E-state index is 0.212. The summed E-state index contributed by atoms with van der Waals surface area (Å²) in [4.78, 5) is 19.2. The normalized spacial score (nSPS) is 23.1. The molecule has 7 heteroatoms. The monoisotopic (exact) mass is 292 g/mol. The number of anilines is 1. The number of hydrogen-bond acceptors (Lipinski definition) is 5. The lowest BCUT2D eigenvalue weighted by atomic mass is 9.92. The van der Waals surface area contributed by atoms with Crippen LogP contribution < -0.4 is 4.90 Å². The third-order valence-electron chi connectivity index (χ3n) is 3.95. The Hall–Kier alpha value is -1.69. The van der Waals surface area contributed by atoms with Gasteiger partial charge in [-0.2, -0.15) is 15.0 Å². The van der Waals surface area contributed by atoms with Gasteiger partial charge in [0.2, 0.25) is 17.2 Å². The summed E-state index contributed by atoms with van der Waals surface area (Å²) in [5.74, 6) is 1.77. The van der Waals surface area contributed by atoms with E-state index in [1.807, 2.05) is 0 Å². The molecule has 0 saturated carbocycles. The van der Waals surface area contributed by atoms with Gasteiger partial charge in [0.15, 0.2) is 0 Å². The summed E-state index contributed by atoms with van der Waals surface area (Å²) in [5, 5.41) is 0.212. The standard InChI is InChI=1S/C13H17ClN6/c1-9-4-3-6-20(10(9)2)13-17-11(14)16-12(18-13)19-7-5-15-8-19/h5,7-10H,3-4,6H2,1-2H3. The number of hydrogen-bond donors (Lipinski definition) is 0. The number of rotatable bonds is 2. The molecule has 2 aromatic heterocycles. The Morgan fingerprint density at radius 1 is 1.20 bits per heavy atom. The molecule has 2 atom stereocenters. The van der Waals surface area contributed by atoms with E-state index >= 15 is 0 Å². The van der Waals surface area contributed by atoms with Crippen molar-refractivity contribution >= 4 is 17.5 Å². The van der Waals surface area contributed by atoms with E-state index in [2.05, 4.69) is 38.7 Å². The van der Waals surface area contributed by atoms with Gasteiger partial charge in [0.1, 0.15) is 6.33 Å². The number of imidazole rings is 1. The Morgan fingerprint density at radius 3 is 2.75 bits per heavy atom. The molecule has 106 valence electrons. The molecule has 0 amide bonds. The van der Waals surface area contributed by atoms with Crippen LogP contribution in [0.4, 0.5) is 5.95 Å². The second kappa shape index (κ2) is 5.36. The van der Waals surface area contributed by atoms with Crippen molar-refractivity contribution in [3.63, 3.8) is 0 Å². The lowest BCUT2D eigenvalue weighted by Gasteiger charge is -2.37. The van der Waals surface area contributed by atoms with Crippen molar-refractivity contribution in [3.05, 3.63) is 24.0 Å². The van der Waals surface area contributed by atoms with Gasteiger partial charge in [0.05, 0.1) is 0 Å². The molecule has 0 radical (unpaired) electrons. The smallest absolute Gasteiger partial charge is 0.241 e. The first kappa shape index (κ1) is 13.3. The van der Waals surface area contributed by atoms with Crippen LogP contribution >= 0.6 is 11.6 Å². The molecule has 1 fully saturated rings. The molecule has 2 unspecified atom stereocenters. The van der Waals surface area contributed by atoms with Gasteiger partial charge in [-0.05, 0) is 37.3 Å². The minimum absolute atomic E-state index is 0.212. The minimum Gasteiger partial charge on any atom is -0.338 e. The van der Waals surface area contributed by atoms with Crippen LogP contribution in [0.3, 0.4) is 0 Å². The number of halogens is 1. The SMILES string of the molecule is CC1CCCN(c2nc(Cl)nc(-n3ccnc3)n2)C1C. The van der Waals surface area contributed by atoms with Crippen LogP contribution in [0.2, 0.25) is 5.28 Å². The second-order valence-corrected chi connectivity index (χ2v) is 5.57. The average Bonchev–Trinajstić information content (AvgIpc) is 2.95. The van der Waals surface area contributed by atoms with Gasteiger partial charge in [-0.25, -0.2) is 4.98 Å². The maximum absolute atomic E-state index is 6.05. The highest BCUT2D eigenvalue weighted by molar-refractivity contribution is 6.28. The van der Waals surface area contributed by atoms with Crippen LogP contribution in [0, 0.1) is 5.92 Å². The Balaban J connectivity index is 1.97. The fraction of sp³-hybridized carbons (Fsp3) is 0.538. The molecule has 3 heterocycles. The molecule has 0 aromatic carbocycles. The highest BCUT2D eigenvalue weighted by atomic mass is 35.5. The summed E-state index contributed by atoms with van der Waals surface area (Å²) in [5.41, 5.74) is 0. The van der Waals surface area contributed by atoms with Crippen molar-refractivity contribution in [2.45, 2.75) is 32.7 Å². The van der Waals surface area contributed by atoms with Crippen LogP contribution in [0.15, 0.2) is 18.7 Å². The average molecular weight is 293 g/mol. The largest absolute Gasteiger partial charge is 0.338 e. The molecule has 3 rings (SSSR count). The van der Waals surface area contributed by atoms with Gasteiger partial charge in [-0.15, -0.1) is 0 Å². The molecular formula is C13H17ClN6.